The van der Waals surface area contributed by atoms with Crippen LogP contribution in [0.15, 0.2) is 30.3 Å². The molecule has 0 spiro atoms. The van der Waals surface area contributed by atoms with Gasteiger partial charge < -0.3 is 24.3 Å². The molecule has 0 saturated carbocycles. The van der Waals surface area contributed by atoms with Gasteiger partial charge in [0, 0.05) is 29.1 Å². The molecule has 2 aliphatic heterocycles. The second-order valence-electron chi connectivity index (χ2n) is 6.88. The standard InChI is InChI=1S/C20H21ClN2O5/c1-20-10-14(13-7-11(21)5-6-15(13)28-20)22-19(24)23(20)12-8-16(25-2)18(27-4)17(9-12)26-3/h5-9,14H,10H2,1-4H3,(H,22,24). The minimum atomic E-state index is -0.890. The van der Waals surface area contributed by atoms with Crippen molar-refractivity contribution in [2.45, 2.75) is 25.1 Å². The third kappa shape index (κ3) is 2.77. The fraction of sp³-hybridized carbons (Fsp3) is 0.350. The van der Waals surface area contributed by atoms with Crippen LogP contribution in [0.25, 0.3) is 0 Å². The number of nitrogens with one attached hydrogen (secondary N) is 1. The van der Waals surface area contributed by atoms with E-state index in [-0.39, 0.29) is 12.1 Å². The van der Waals surface area contributed by atoms with Gasteiger partial charge in [-0.3, -0.25) is 4.90 Å². The average molecular weight is 405 g/mol. The number of amides is 2. The van der Waals surface area contributed by atoms with Crippen LogP contribution in [-0.4, -0.2) is 33.1 Å². The highest BCUT2D eigenvalue weighted by Gasteiger charge is 2.50. The van der Waals surface area contributed by atoms with Crippen molar-refractivity contribution in [3.8, 4) is 23.0 Å². The molecular formula is C20H21ClN2O5. The normalized spacial score (nSPS) is 22.7. The molecule has 2 aliphatic rings. The molecular weight excluding hydrogens is 384 g/mol. The number of ether oxygens (including phenoxy) is 4. The molecule has 2 amide bonds. The SMILES string of the molecule is COc1cc(N2C(=O)NC3CC2(C)Oc2ccc(Cl)cc23)cc(OC)c1OC. The van der Waals surface area contributed by atoms with Crippen LogP contribution in [-0.2, 0) is 0 Å². The highest BCUT2D eigenvalue weighted by atomic mass is 35.5. The lowest BCUT2D eigenvalue weighted by Crippen LogP contribution is -2.65. The molecule has 2 atom stereocenters. The highest BCUT2D eigenvalue weighted by Crippen LogP contribution is 2.48. The van der Waals surface area contributed by atoms with Gasteiger partial charge in [0.2, 0.25) is 5.75 Å². The summed E-state index contributed by atoms with van der Waals surface area (Å²) in [6.07, 6.45) is 0.558. The molecule has 2 aromatic rings. The van der Waals surface area contributed by atoms with Gasteiger partial charge in [-0.25, -0.2) is 4.79 Å². The molecule has 0 aliphatic carbocycles. The summed E-state index contributed by atoms with van der Waals surface area (Å²) in [5, 5.41) is 3.65. The van der Waals surface area contributed by atoms with Gasteiger partial charge >= 0.3 is 6.03 Å². The van der Waals surface area contributed by atoms with Gasteiger partial charge in [-0.2, -0.15) is 0 Å². The van der Waals surface area contributed by atoms with E-state index in [0.717, 1.165) is 5.56 Å². The quantitative estimate of drug-likeness (QED) is 0.829. The van der Waals surface area contributed by atoms with E-state index in [4.69, 9.17) is 30.5 Å². The van der Waals surface area contributed by atoms with E-state index < -0.39 is 5.72 Å². The van der Waals surface area contributed by atoms with Crippen molar-refractivity contribution in [2.75, 3.05) is 26.2 Å². The predicted octanol–water partition coefficient (Wildman–Crippen LogP) is 4.14. The number of urea groups is 1. The first-order valence-corrected chi connectivity index (χ1v) is 9.17. The summed E-state index contributed by atoms with van der Waals surface area (Å²) in [7, 11) is 4.60. The summed E-state index contributed by atoms with van der Waals surface area (Å²) < 4.78 is 22.5. The fourth-order valence-electron chi connectivity index (χ4n) is 3.93. The third-order valence-electron chi connectivity index (χ3n) is 5.14. The largest absolute Gasteiger partial charge is 0.493 e. The van der Waals surface area contributed by atoms with Crippen LogP contribution in [0.2, 0.25) is 5.02 Å². The van der Waals surface area contributed by atoms with Gasteiger partial charge in [-0.1, -0.05) is 11.6 Å². The smallest absolute Gasteiger partial charge is 0.325 e. The number of benzene rings is 2. The Bertz CT molecular complexity index is 925. The Morgan fingerprint density at radius 3 is 2.43 bits per heavy atom. The van der Waals surface area contributed by atoms with Crippen molar-refractivity contribution in [1.29, 1.82) is 0 Å². The van der Waals surface area contributed by atoms with E-state index in [1.165, 1.54) is 21.3 Å². The first-order chi connectivity index (χ1) is 13.4. The number of methoxy groups -OCH3 is 3. The molecule has 2 aromatic carbocycles. The Kier molecular flexibility index (Phi) is 4.42. The second kappa shape index (κ2) is 6.67. The maximum atomic E-state index is 13.1. The van der Waals surface area contributed by atoms with E-state index in [1.54, 1.807) is 23.1 Å². The van der Waals surface area contributed by atoms with Crippen molar-refractivity contribution in [3.05, 3.63) is 40.9 Å². The summed E-state index contributed by atoms with van der Waals surface area (Å²) in [5.74, 6) is 2.07. The van der Waals surface area contributed by atoms with E-state index in [0.29, 0.717) is 40.1 Å². The lowest BCUT2D eigenvalue weighted by molar-refractivity contribution is 0.0378. The number of anilines is 1. The molecule has 28 heavy (non-hydrogen) atoms. The third-order valence-corrected chi connectivity index (χ3v) is 5.38. The Morgan fingerprint density at radius 2 is 1.82 bits per heavy atom. The van der Waals surface area contributed by atoms with Crippen LogP contribution in [0.4, 0.5) is 10.5 Å². The molecule has 148 valence electrons. The second-order valence-corrected chi connectivity index (χ2v) is 7.32. The minimum absolute atomic E-state index is 0.182. The number of carbonyl (C=O) groups is 1. The van der Waals surface area contributed by atoms with Crippen LogP contribution in [0.3, 0.4) is 0 Å². The Labute approximate surface area is 168 Å². The minimum Gasteiger partial charge on any atom is -0.493 e. The molecule has 4 rings (SSSR count). The number of hydrogen-bond acceptors (Lipinski definition) is 5. The Hall–Kier alpha value is -2.80. The first-order valence-electron chi connectivity index (χ1n) is 8.79. The summed E-state index contributed by atoms with van der Waals surface area (Å²) in [6.45, 7) is 1.89. The Balaban J connectivity index is 1.81. The van der Waals surface area contributed by atoms with Crippen molar-refractivity contribution in [2.24, 2.45) is 0 Å². The molecule has 2 heterocycles. The van der Waals surface area contributed by atoms with Gasteiger partial charge in [0.15, 0.2) is 17.2 Å². The number of rotatable bonds is 4. The molecule has 8 heteroatoms. The molecule has 1 saturated heterocycles. The monoisotopic (exact) mass is 404 g/mol. The number of halogens is 1. The molecule has 1 fully saturated rings. The lowest BCUT2D eigenvalue weighted by atomic mass is 9.90. The molecule has 0 aromatic heterocycles. The molecule has 7 nitrogen and oxygen atoms in total. The number of fused-ring (bicyclic) bond motifs is 4. The van der Waals surface area contributed by atoms with Gasteiger partial charge in [0.1, 0.15) is 5.75 Å². The van der Waals surface area contributed by atoms with E-state index in [9.17, 15) is 4.79 Å². The number of nitrogens with zero attached hydrogens (tertiary/aromatic N) is 1. The summed E-state index contributed by atoms with van der Waals surface area (Å²) in [5.41, 5.74) is 0.562. The highest BCUT2D eigenvalue weighted by molar-refractivity contribution is 6.30. The van der Waals surface area contributed by atoms with Crippen LogP contribution < -0.4 is 29.2 Å². The van der Waals surface area contributed by atoms with Crippen LogP contribution in [0.1, 0.15) is 24.9 Å². The topological polar surface area (TPSA) is 69.3 Å². The predicted molar refractivity (Wildman–Crippen MR) is 105 cm³/mol. The zero-order valence-electron chi connectivity index (χ0n) is 16.0. The van der Waals surface area contributed by atoms with Crippen molar-refractivity contribution >= 4 is 23.3 Å². The van der Waals surface area contributed by atoms with Gasteiger partial charge in [-0.05, 0) is 25.1 Å². The van der Waals surface area contributed by atoms with Crippen molar-refractivity contribution in [3.63, 3.8) is 0 Å². The fourth-order valence-corrected chi connectivity index (χ4v) is 4.11. The number of hydrogen-bond donors (Lipinski definition) is 1. The maximum Gasteiger partial charge on any atom is 0.325 e. The summed E-state index contributed by atoms with van der Waals surface area (Å²) in [4.78, 5) is 14.6. The maximum absolute atomic E-state index is 13.1. The van der Waals surface area contributed by atoms with Gasteiger partial charge in [0.05, 0.1) is 33.1 Å². The molecule has 2 bridgehead atoms. The number of carbonyl (C=O) groups excluding carboxylic acids is 1. The van der Waals surface area contributed by atoms with Crippen LogP contribution >= 0.6 is 11.6 Å². The summed E-state index contributed by atoms with van der Waals surface area (Å²) in [6, 6.07) is 8.43. The van der Waals surface area contributed by atoms with Crippen LogP contribution in [0.5, 0.6) is 23.0 Å². The lowest BCUT2D eigenvalue weighted by Gasteiger charge is -2.50. The zero-order chi connectivity index (χ0) is 20.1. The molecule has 0 radical (unpaired) electrons. The zero-order valence-corrected chi connectivity index (χ0v) is 16.8. The molecule has 2 unspecified atom stereocenters. The van der Waals surface area contributed by atoms with E-state index in [1.807, 2.05) is 19.1 Å². The van der Waals surface area contributed by atoms with E-state index >= 15 is 0 Å². The van der Waals surface area contributed by atoms with Gasteiger partial charge in [-0.15, -0.1) is 0 Å². The Morgan fingerprint density at radius 1 is 1.14 bits per heavy atom. The van der Waals surface area contributed by atoms with E-state index in [2.05, 4.69) is 5.32 Å². The van der Waals surface area contributed by atoms with Crippen LogP contribution in [0, 0.1) is 0 Å². The van der Waals surface area contributed by atoms with Crippen molar-refractivity contribution < 1.29 is 23.7 Å². The van der Waals surface area contributed by atoms with Crippen molar-refractivity contribution in [1.82, 2.24) is 5.32 Å². The van der Waals surface area contributed by atoms with Gasteiger partial charge in [0.25, 0.3) is 0 Å². The molecule has 1 N–H and O–H groups in total. The average Bonchev–Trinajstić information content (AvgIpc) is 2.67. The first kappa shape index (κ1) is 18.6. The summed E-state index contributed by atoms with van der Waals surface area (Å²) >= 11 is 6.13.